The summed E-state index contributed by atoms with van der Waals surface area (Å²) in [5.41, 5.74) is 3.36. The van der Waals surface area contributed by atoms with Gasteiger partial charge in [-0.05, 0) is 48.7 Å². The molecule has 0 aliphatic heterocycles. The van der Waals surface area contributed by atoms with Crippen LogP contribution in [0.5, 0.6) is 5.75 Å². The lowest BCUT2D eigenvalue weighted by Crippen LogP contribution is -1.95. The molecule has 0 aromatic heterocycles. The molecule has 1 unspecified atom stereocenters. The first kappa shape index (κ1) is 14.4. The van der Waals surface area contributed by atoms with Crippen molar-refractivity contribution in [2.75, 3.05) is 6.61 Å². The van der Waals surface area contributed by atoms with E-state index >= 15 is 0 Å². The molecule has 19 heavy (non-hydrogen) atoms. The molecule has 0 spiro atoms. The fraction of sp³-hybridized carbons (Fsp3) is 0.250. The highest BCUT2D eigenvalue weighted by Gasteiger charge is 2.11. The van der Waals surface area contributed by atoms with Gasteiger partial charge in [-0.25, -0.2) is 0 Å². The topological polar surface area (TPSA) is 9.23 Å². The van der Waals surface area contributed by atoms with Crippen LogP contribution in [0.3, 0.4) is 0 Å². The summed E-state index contributed by atoms with van der Waals surface area (Å²) in [6.45, 7) is 4.71. The summed E-state index contributed by atoms with van der Waals surface area (Å²) in [5.74, 6) is 0.875. The van der Waals surface area contributed by atoms with Crippen LogP contribution in [0.1, 0.15) is 29.0 Å². The van der Waals surface area contributed by atoms with Gasteiger partial charge in [-0.3, -0.25) is 0 Å². The van der Waals surface area contributed by atoms with Crippen LogP contribution in [-0.2, 0) is 0 Å². The van der Waals surface area contributed by atoms with Crippen LogP contribution in [0.15, 0.2) is 46.9 Å². The van der Waals surface area contributed by atoms with E-state index in [4.69, 9.17) is 16.3 Å². The molecule has 0 heterocycles. The summed E-state index contributed by atoms with van der Waals surface area (Å²) in [5, 5.41) is -0.146. The number of hydrogen-bond donors (Lipinski definition) is 0. The van der Waals surface area contributed by atoms with E-state index in [2.05, 4.69) is 41.1 Å². The highest BCUT2D eigenvalue weighted by molar-refractivity contribution is 9.10. The minimum Gasteiger partial charge on any atom is -0.494 e. The molecule has 2 aromatic rings. The molecular weight excluding hydrogens is 324 g/mol. The average Bonchev–Trinajstić information content (AvgIpc) is 2.42. The Morgan fingerprint density at radius 3 is 2.32 bits per heavy atom. The zero-order valence-corrected chi connectivity index (χ0v) is 13.3. The second-order valence-electron chi connectivity index (χ2n) is 4.37. The molecular formula is C16H16BrClO. The number of rotatable bonds is 4. The predicted octanol–water partition coefficient (Wildman–Crippen LogP) is 5.48. The number of benzene rings is 2. The standard InChI is InChI=1S/C16H16BrClO/c1-3-19-14-8-6-12(7-9-14)16(18)13-5-4-11(2)15(17)10-13/h4-10,16H,3H2,1-2H3. The van der Waals surface area contributed by atoms with Gasteiger partial charge in [0.15, 0.2) is 0 Å². The molecule has 1 nitrogen and oxygen atoms in total. The molecule has 0 aliphatic carbocycles. The molecule has 0 fully saturated rings. The Balaban J connectivity index is 2.22. The van der Waals surface area contributed by atoms with E-state index in [9.17, 15) is 0 Å². The summed E-state index contributed by atoms with van der Waals surface area (Å²) < 4.78 is 6.52. The van der Waals surface area contributed by atoms with Crippen LogP contribution < -0.4 is 4.74 Å². The first-order valence-electron chi connectivity index (χ1n) is 6.24. The molecule has 0 saturated carbocycles. The molecule has 3 heteroatoms. The van der Waals surface area contributed by atoms with E-state index in [1.54, 1.807) is 0 Å². The highest BCUT2D eigenvalue weighted by atomic mass is 79.9. The van der Waals surface area contributed by atoms with Gasteiger partial charge in [0.25, 0.3) is 0 Å². The molecule has 2 aromatic carbocycles. The monoisotopic (exact) mass is 338 g/mol. The minimum absolute atomic E-state index is 0.146. The fourth-order valence-corrected chi connectivity index (χ4v) is 2.54. The maximum Gasteiger partial charge on any atom is 0.119 e. The molecule has 0 bridgehead atoms. The van der Waals surface area contributed by atoms with E-state index in [1.807, 2.05) is 31.2 Å². The molecule has 100 valence electrons. The Kier molecular flexibility index (Phi) is 4.89. The molecule has 0 radical (unpaired) electrons. The SMILES string of the molecule is CCOc1ccc(C(Cl)c2ccc(C)c(Br)c2)cc1. The van der Waals surface area contributed by atoms with Gasteiger partial charge in [0.05, 0.1) is 12.0 Å². The summed E-state index contributed by atoms with van der Waals surface area (Å²) in [4.78, 5) is 0. The Bertz CT molecular complexity index is 551. The largest absolute Gasteiger partial charge is 0.494 e. The summed E-state index contributed by atoms with van der Waals surface area (Å²) in [6.07, 6.45) is 0. The average molecular weight is 340 g/mol. The molecule has 2 rings (SSSR count). The van der Waals surface area contributed by atoms with Crippen LogP contribution in [0.4, 0.5) is 0 Å². The maximum absolute atomic E-state index is 6.52. The van der Waals surface area contributed by atoms with Crippen molar-refractivity contribution in [1.29, 1.82) is 0 Å². The first-order valence-corrected chi connectivity index (χ1v) is 7.47. The molecule has 0 amide bonds. The molecule has 1 atom stereocenters. The van der Waals surface area contributed by atoms with Crippen molar-refractivity contribution in [2.24, 2.45) is 0 Å². The van der Waals surface area contributed by atoms with E-state index in [-0.39, 0.29) is 5.38 Å². The zero-order valence-electron chi connectivity index (χ0n) is 11.0. The van der Waals surface area contributed by atoms with E-state index in [1.165, 1.54) is 5.56 Å². The minimum atomic E-state index is -0.146. The van der Waals surface area contributed by atoms with Gasteiger partial charge in [-0.2, -0.15) is 0 Å². The van der Waals surface area contributed by atoms with Gasteiger partial charge in [0.2, 0.25) is 0 Å². The number of alkyl halides is 1. The van der Waals surface area contributed by atoms with Crippen molar-refractivity contribution in [3.63, 3.8) is 0 Å². The van der Waals surface area contributed by atoms with Crippen molar-refractivity contribution >= 4 is 27.5 Å². The van der Waals surface area contributed by atoms with Crippen LogP contribution in [-0.4, -0.2) is 6.61 Å². The van der Waals surface area contributed by atoms with Gasteiger partial charge < -0.3 is 4.74 Å². The molecule has 0 N–H and O–H groups in total. The van der Waals surface area contributed by atoms with Gasteiger partial charge in [0, 0.05) is 4.47 Å². The summed E-state index contributed by atoms with van der Waals surface area (Å²) in [7, 11) is 0. The van der Waals surface area contributed by atoms with Crippen molar-refractivity contribution < 1.29 is 4.74 Å². The van der Waals surface area contributed by atoms with Crippen molar-refractivity contribution in [3.05, 3.63) is 63.6 Å². The normalized spacial score (nSPS) is 12.2. The Morgan fingerprint density at radius 2 is 1.74 bits per heavy atom. The third-order valence-corrected chi connectivity index (χ3v) is 4.33. The van der Waals surface area contributed by atoms with Gasteiger partial charge >= 0.3 is 0 Å². The van der Waals surface area contributed by atoms with Crippen LogP contribution >= 0.6 is 27.5 Å². The van der Waals surface area contributed by atoms with Crippen LogP contribution in [0, 0.1) is 6.92 Å². The van der Waals surface area contributed by atoms with E-state index < -0.39 is 0 Å². The maximum atomic E-state index is 6.52. The lowest BCUT2D eigenvalue weighted by Gasteiger charge is -2.12. The number of hydrogen-bond acceptors (Lipinski definition) is 1. The van der Waals surface area contributed by atoms with Crippen molar-refractivity contribution in [3.8, 4) is 5.75 Å². The van der Waals surface area contributed by atoms with Crippen molar-refractivity contribution in [2.45, 2.75) is 19.2 Å². The fourth-order valence-electron chi connectivity index (χ4n) is 1.86. The quantitative estimate of drug-likeness (QED) is 0.670. The second-order valence-corrected chi connectivity index (χ2v) is 5.66. The van der Waals surface area contributed by atoms with E-state index in [0.717, 1.165) is 21.3 Å². The predicted molar refractivity (Wildman–Crippen MR) is 84.2 cm³/mol. The number of halogens is 2. The van der Waals surface area contributed by atoms with Gasteiger partial charge in [0.1, 0.15) is 5.75 Å². The molecule has 0 aliphatic rings. The number of ether oxygens (including phenoxy) is 1. The zero-order chi connectivity index (χ0) is 13.8. The lowest BCUT2D eigenvalue weighted by molar-refractivity contribution is 0.340. The van der Waals surface area contributed by atoms with Gasteiger partial charge in [-0.15, -0.1) is 11.6 Å². The third-order valence-electron chi connectivity index (χ3n) is 2.97. The first-order chi connectivity index (χ1) is 9.11. The number of aryl methyl sites for hydroxylation is 1. The lowest BCUT2D eigenvalue weighted by atomic mass is 10.0. The highest BCUT2D eigenvalue weighted by Crippen LogP contribution is 2.32. The molecule has 0 saturated heterocycles. The Hall–Kier alpha value is -0.990. The van der Waals surface area contributed by atoms with Crippen LogP contribution in [0.25, 0.3) is 0 Å². The second kappa shape index (κ2) is 6.44. The van der Waals surface area contributed by atoms with E-state index in [0.29, 0.717) is 6.61 Å². The van der Waals surface area contributed by atoms with Crippen molar-refractivity contribution in [1.82, 2.24) is 0 Å². The third kappa shape index (κ3) is 3.52. The van der Waals surface area contributed by atoms with Gasteiger partial charge in [-0.1, -0.05) is 40.2 Å². The Morgan fingerprint density at radius 1 is 1.11 bits per heavy atom. The summed E-state index contributed by atoms with van der Waals surface area (Å²) >= 11 is 10.1. The Labute approximate surface area is 127 Å². The van der Waals surface area contributed by atoms with Crippen LogP contribution in [0.2, 0.25) is 0 Å². The summed E-state index contributed by atoms with van der Waals surface area (Å²) in [6, 6.07) is 14.1. The smallest absolute Gasteiger partial charge is 0.119 e.